The Morgan fingerprint density at radius 2 is 1.63 bits per heavy atom. The van der Waals surface area contributed by atoms with Gasteiger partial charge in [0, 0.05) is 41.2 Å². The molecule has 0 unspecified atom stereocenters. The molecule has 30 heavy (non-hydrogen) atoms. The quantitative estimate of drug-likeness (QED) is 0.533. The molecule has 1 saturated carbocycles. The number of nitrogens with one attached hydrogen (secondary N) is 2. The van der Waals surface area contributed by atoms with E-state index in [2.05, 4.69) is 10.6 Å². The summed E-state index contributed by atoms with van der Waals surface area (Å²) in [6.07, 6.45) is 5.06. The Morgan fingerprint density at radius 3 is 2.20 bits per heavy atom. The maximum absolute atomic E-state index is 12.5. The molecule has 2 aromatic rings. The molecule has 0 radical (unpaired) electrons. The lowest BCUT2D eigenvalue weighted by Crippen LogP contribution is -2.32. The molecule has 3 rings (SSSR count). The predicted octanol–water partition coefficient (Wildman–Crippen LogP) is 2.92. The molecule has 9 nitrogen and oxygen atoms in total. The van der Waals surface area contributed by atoms with Gasteiger partial charge in [-0.15, -0.1) is 0 Å². The summed E-state index contributed by atoms with van der Waals surface area (Å²) in [6.45, 7) is 0. The SMILES string of the molecule is CS(=O)(=O)c1cc(C(=O)Nc2ccc(C(=O)NC3CCCC3)cc2)cc([N+](=O)[O-])c1. The molecule has 0 heterocycles. The van der Waals surface area contributed by atoms with E-state index < -0.39 is 26.4 Å². The number of nitro benzene ring substituents is 1. The summed E-state index contributed by atoms with van der Waals surface area (Å²) in [7, 11) is -3.74. The van der Waals surface area contributed by atoms with Crippen LogP contribution in [0.4, 0.5) is 11.4 Å². The molecule has 1 aliphatic rings. The number of carbonyl (C=O) groups is 2. The minimum absolute atomic E-state index is 0.160. The van der Waals surface area contributed by atoms with Crippen LogP contribution in [0.2, 0.25) is 0 Å². The van der Waals surface area contributed by atoms with Crippen LogP contribution < -0.4 is 10.6 Å². The number of carbonyl (C=O) groups excluding carboxylic acids is 2. The van der Waals surface area contributed by atoms with Crippen molar-refractivity contribution in [2.75, 3.05) is 11.6 Å². The van der Waals surface area contributed by atoms with Crippen molar-refractivity contribution in [1.29, 1.82) is 0 Å². The Labute approximate surface area is 173 Å². The van der Waals surface area contributed by atoms with Crippen LogP contribution in [0, 0.1) is 10.1 Å². The van der Waals surface area contributed by atoms with Crippen molar-refractivity contribution in [1.82, 2.24) is 5.32 Å². The first-order valence-electron chi connectivity index (χ1n) is 9.35. The van der Waals surface area contributed by atoms with Crippen LogP contribution in [0.3, 0.4) is 0 Å². The van der Waals surface area contributed by atoms with Gasteiger partial charge < -0.3 is 10.6 Å². The van der Waals surface area contributed by atoms with Crippen molar-refractivity contribution in [2.24, 2.45) is 0 Å². The van der Waals surface area contributed by atoms with E-state index in [1.807, 2.05) is 0 Å². The van der Waals surface area contributed by atoms with Gasteiger partial charge in [0.05, 0.1) is 9.82 Å². The molecule has 0 spiro atoms. The minimum Gasteiger partial charge on any atom is -0.349 e. The van der Waals surface area contributed by atoms with E-state index in [1.54, 1.807) is 12.1 Å². The highest BCUT2D eigenvalue weighted by atomic mass is 32.2. The van der Waals surface area contributed by atoms with Crippen LogP contribution in [0.25, 0.3) is 0 Å². The molecule has 10 heteroatoms. The fourth-order valence-electron chi connectivity index (χ4n) is 3.28. The molecule has 2 N–H and O–H groups in total. The summed E-state index contributed by atoms with van der Waals surface area (Å²) in [5.41, 5.74) is 0.161. The number of nitro groups is 1. The lowest BCUT2D eigenvalue weighted by molar-refractivity contribution is -0.385. The number of nitrogens with zero attached hydrogens (tertiary/aromatic N) is 1. The Hall–Kier alpha value is -3.27. The highest BCUT2D eigenvalue weighted by Gasteiger charge is 2.20. The van der Waals surface area contributed by atoms with Gasteiger partial charge in [-0.25, -0.2) is 8.42 Å². The smallest absolute Gasteiger partial charge is 0.271 e. The first-order valence-corrected chi connectivity index (χ1v) is 11.2. The second-order valence-corrected chi connectivity index (χ2v) is 9.25. The van der Waals surface area contributed by atoms with Crippen molar-refractivity contribution in [3.63, 3.8) is 0 Å². The first-order chi connectivity index (χ1) is 14.1. The van der Waals surface area contributed by atoms with Crippen molar-refractivity contribution in [3.8, 4) is 0 Å². The third-order valence-corrected chi connectivity index (χ3v) is 5.98. The third-order valence-electron chi connectivity index (χ3n) is 4.89. The van der Waals surface area contributed by atoms with Gasteiger partial charge in [0.2, 0.25) is 0 Å². The number of rotatable bonds is 6. The second kappa shape index (κ2) is 8.62. The van der Waals surface area contributed by atoms with Crippen LogP contribution in [0.15, 0.2) is 47.4 Å². The second-order valence-electron chi connectivity index (χ2n) is 7.23. The summed E-state index contributed by atoms with van der Waals surface area (Å²) in [4.78, 5) is 34.8. The van der Waals surface area contributed by atoms with E-state index in [4.69, 9.17) is 0 Å². The summed E-state index contributed by atoms with van der Waals surface area (Å²) in [5, 5.41) is 16.6. The Morgan fingerprint density at radius 1 is 1.00 bits per heavy atom. The molecule has 158 valence electrons. The average Bonchev–Trinajstić information content (AvgIpc) is 3.20. The number of hydrogen-bond acceptors (Lipinski definition) is 6. The number of non-ortho nitro benzene ring substituents is 1. The lowest BCUT2D eigenvalue weighted by Gasteiger charge is -2.12. The predicted molar refractivity (Wildman–Crippen MR) is 110 cm³/mol. The number of anilines is 1. The van der Waals surface area contributed by atoms with E-state index in [0.29, 0.717) is 11.3 Å². The molecule has 2 aromatic carbocycles. The van der Waals surface area contributed by atoms with E-state index >= 15 is 0 Å². The van der Waals surface area contributed by atoms with Crippen LogP contribution in [-0.4, -0.2) is 37.5 Å². The van der Waals surface area contributed by atoms with Crippen LogP contribution in [-0.2, 0) is 9.84 Å². The largest absolute Gasteiger partial charge is 0.349 e. The van der Waals surface area contributed by atoms with Crippen LogP contribution >= 0.6 is 0 Å². The van der Waals surface area contributed by atoms with Crippen LogP contribution in [0.1, 0.15) is 46.4 Å². The van der Waals surface area contributed by atoms with E-state index in [9.17, 15) is 28.1 Å². The van der Waals surface area contributed by atoms with Crippen molar-refractivity contribution < 1.29 is 22.9 Å². The summed E-state index contributed by atoms with van der Waals surface area (Å²) in [6, 6.07) is 9.39. The molecule has 0 aliphatic heterocycles. The minimum atomic E-state index is -3.74. The highest BCUT2D eigenvalue weighted by molar-refractivity contribution is 7.90. The zero-order valence-electron chi connectivity index (χ0n) is 16.3. The standard InChI is InChI=1S/C20H21N3O6S/c1-30(28,29)18-11-14(10-17(12-18)23(26)27)20(25)22-16-8-6-13(7-9-16)19(24)21-15-4-2-3-5-15/h6-12,15H,2-5H2,1H3,(H,21,24)(H,22,25). The molecule has 0 aromatic heterocycles. The van der Waals surface area contributed by atoms with Gasteiger partial charge in [0.1, 0.15) is 0 Å². The molecule has 0 saturated heterocycles. The maximum atomic E-state index is 12.5. The van der Waals surface area contributed by atoms with E-state index in [1.165, 1.54) is 12.1 Å². The number of benzene rings is 2. The molecule has 0 atom stereocenters. The molecule has 2 amide bonds. The number of amides is 2. The van der Waals surface area contributed by atoms with Gasteiger partial charge in [-0.1, -0.05) is 12.8 Å². The van der Waals surface area contributed by atoms with Gasteiger partial charge in [-0.3, -0.25) is 19.7 Å². The molecular formula is C20H21N3O6S. The Balaban J connectivity index is 1.75. The van der Waals surface area contributed by atoms with E-state index in [-0.39, 0.29) is 22.4 Å². The van der Waals surface area contributed by atoms with Crippen molar-refractivity contribution >= 4 is 33.0 Å². The maximum Gasteiger partial charge on any atom is 0.271 e. The topological polar surface area (TPSA) is 135 Å². The Bertz CT molecular complexity index is 1090. The Kier molecular flexibility index (Phi) is 6.16. The van der Waals surface area contributed by atoms with Gasteiger partial charge in [0.15, 0.2) is 9.84 Å². The van der Waals surface area contributed by atoms with E-state index in [0.717, 1.165) is 50.1 Å². The number of hydrogen-bond donors (Lipinski definition) is 2. The molecule has 1 aliphatic carbocycles. The third kappa shape index (κ3) is 5.20. The average molecular weight is 431 g/mol. The summed E-state index contributed by atoms with van der Waals surface area (Å²) in [5.74, 6) is -0.886. The molecule has 1 fully saturated rings. The lowest BCUT2D eigenvalue weighted by atomic mass is 10.1. The summed E-state index contributed by atoms with van der Waals surface area (Å²) < 4.78 is 23.5. The monoisotopic (exact) mass is 431 g/mol. The number of sulfone groups is 1. The fraction of sp³-hybridized carbons (Fsp3) is 0.300. The normalized spacial score (nSPS) is 14.3. The van der Waals surface area contributed by atoms with Crippen LogP contribution in [0.5, 0.6) is 0 Å². The van der Waals surface area contributed by atoms with Crippen molar-refractivity contribution in [2.45, 2.75) is 36.6 Å². The zero-order chi connectivity index (χ0) is 21.9. The van der Waals surface area contributed by atoms with Gasteiger partial charge in [-0.05, 0) is 43.2 Å². The zero-order valence-corrected chi connectivity index (χ0v) is 17.1. The van der Waals surface area contributed by atoms with Gasteiger partial charge in [0.25, 0.3) is 17.5 Å². The van der Waals surface area contributed by atoms with Gasteiger partial charge >= 0.3 is 0 Å². The fourth-order valence-corrected chi connectivity index (χ4v) is 3.96. The van der Waals surface area contributed by atoms with Gasteiger partial charge in [-0.2, -0.15) is 0 Å². The summed E-state index contributed by atoms with van der Waals surface area (Å²) >= 11 is 0. The highest BCUT2D eigenvalue weighted by Crippen LogP contribution is 2.22. The first kappa shape index (κ1) is 21.4. The van der Waals surface area contributed by atoms with Crippen molar-refractivity contribution in [3.05, 3.63) is 63.7 Å². The molecular weight excluding hydrogens is 410 g/mol. The molecule has 0 bridgehead atoms.